The van der Waals surface area contributed by atoms with Gasteiger partial charge in [-0.1, -0.05) is 58.1 Å². The minimum absolute atomic E-state index is 0.00769. The highest BCUT2D eigenvalue weighted by molar-refractivity contribution is 14.1. The van der Waals surface area contributed by atoms with Crippen molar-refractivity contribution in [3.63, 3.8) is 0 Å². The number of aromatic nitrogens is 1. The Kier molecular flexibility index (Phi) is 2.85. The number of fused-ring (bicyclic) bond motifs is 3. The van der Waals surface area contributed by atoms with E-state index in [2.05, 4.69) is 59.0 Å². The van der Waals surface area contributed by atoms with Crippen LogP contribution in [-0.4, -0.2) is 15.4 Å². The van der Waals surface area contributed by atoms with Gasteiger partial charge in [0.1, 0.15) is 5.69 Å². The molecule has 0 fully saturated rings. The Bertz CT molecular complexity index is 814. The molecular formula is C16H12INO3. The molecule has 4 rings (SSSR count). The van der Waals surface area contributed by atoms with Crippen molar-refractivity contribution < 1.29 is 14.0 Å². The van der Waals surface area contributed by atoms with Crippen LogP contribution in [0.1, 0.15) is 12.6 Å². The van der Waals surface area contributed by atoms with Gasteiger partial charge < -0.3 is 14.0 Å². The zero-order valence-electron chi connectivity index (χ0n) is 11.3. The first-order chi connectivity index (χ1) is 10.1. The monoisotopic (exact) mass is 393 g/mol. The smallest absolute Gasteiger partial charge is 0.231 e. The van der Waals surface area contributed by atoms with Gasteiger partial charge in [0.05, 0.1) is 8.81 Å². The molecule has 1 aliphatic carbocycles. The Morgan fingerprint density at radius 1 is 1.24 bits per heavy atom. The minimum atomic E-state index is 0.00769. The number of hydrogen-bond acceptors (Lipinski definition) is 4. The quantitative estimate of drug-likeness (QED) is 0.537. The lowest BCUT2D eigenvalue weighted by molar-refractivity contribution is 0.173. The number of rotatable bonds is 1. The van der Waals surface area contributed by atoms with Gasteiger partial charge in [0.15, 0.2) is 5.75 Å². The maximum Gasteiger partial charge on any atom is 0.231 e. The molecule has 5 heteroatoms. The molecule has 0 bridgehead atoms. The number of ether oxygens (including phenoxy) is 2. The third-order valence-electron chi connectivity index (χ3n) is 3.54. The van der Waals surface area contributed by atoms with Crippen LogP contribution in [0, 0.1) is 0 Å². The molecule has 0 spiro atoms. The maximum absolute atomic E-state index is 5.48. The van der Waals surface area contributed by atoms with Gasteiger partial charge in [-0.15, -0.1) is 0 Å². The van der Waals surface area contributed by atoms with Gasteiger partial charge in [-0.2, -0.15) is 0 Å². The Morgan fingerprint density at radius 2 is 2.14 bits per heavy atom. The molecule has 0 N–H and O–H groups in total. The molecule has 2 aliphatic rings. The summed E-state index contributed by atoms with van der Waals surface area (Å²) in [7, 11) is 0. The van der Waals surface area contributed by atoms with Crippen molar-refractivity contribution in [3.05, 3.63) is 48.2 Å². The lowest BCUT2D eigenvalue weighted by Crippen LogP contribution is -2.04. The van der Waals surface area contributed by atoms with Gasteiger partial charge in [0.2, 0.25) is 18.1 Å². The fraction of sp³-hybridized carbons (Fsp3) is 0.188. The molecule has 1 aromatic heterocycles. The summed E-state index contributed by atoms with van der Waals surface area (Å²) in [4.78, 5) is 0. The zero-order valence-corrected chi connectivity index (χ0v) is 13.5. The van der Waals surface area contributed by atoms with E-state index in [-0.39, 0.29) is 10.2 Å². The second kappa shape index (κ2) is 4.62. The molecule has 4 nitrogen and oxygen atoms in total. The fourth-order valence-electron chi connectivity index (χ4n) is 2.43. The highest BCUT2D eigenvalue weighted by Gasteiger charge is 2.23. The van der Waals surface area contributed by atoms with Gasteiger partial charge in [0.25, 0.3) is 0 Å². The van der Waals surface area contributed by atoms with E-state index in [1.54, 1.807) is 0 Å². The lowest BCUT2D eigenvalue weighted by Gasteiger charge is -2.09. The SMILES string of the molecule is CC1(I)C=CC=C(c2noc3c4c(ccc23)OCO4)C=C1. The number of benzene rings is 1. The van der Waals surface area contributed by atoms with E-state index < -0.39 is 0 Å². The van der Waals surface area contributed by atoms with Crippen LogP contribution in [0.4, 0.5) is 0 Å². The summed E-state index contributed by atoms with van der Waals surface area (Å²) >= 11 is 2.40. The van der Waals surface area contributed by atoms with Crippen molar-refractivity contribution in [1.29, 1.82) is 0 Å². The van der Waals surface area contributed by atoms with Crippen LogP contribution in [-0.2, 0) is 0 Å². The number of hydrogen-bond donors (Lipinski definition) is 0. The molecule has 2 aromatic rings. The van der Waals surface area contributed by atoms with Gasteiger partial charge in [0, 0.05) is 5.57 Å². The van der Waals surface area contributed by atoms with Crippen LogP contribution >= 0.6 is 22.6 Å². The number of nitrogens with zero attached hydrogens (tertiary/aromatic N) is 1. The second-order valence-electron chi connectivity index (χ2n) is 5.17. The average molecular weight is 393 g/mol. The van der Waals surface area contributed by atoms with E-state index in [0.717, 1.165) is 16.7 Å². The van der Waals surface area contributed by atoms with Gasteiger partial charge in [-0.3, -0.25) is 0 Å². The fourth-order valence-corrected chi connectivity index (χ4v) is 2.82. The molecule has 106 valence electrons. The summed E-state index contributed by atoms with van der Waals surface area (Å²) in [5, 5.41) is 5.15. The maximum atomic E-state index is 5.48. The Morgan fingerprint density at radius 3 is 3.05 bits per heavy atom. The molecule has 0 radical (unpaired) electrons. The molecular weight excluding hydrogens is 381 g/mol. The predicted molar refractivity (Wildman–Crippen MR) is 88.8 cm³/mol. The highest BCUT2D eigenvalue weighted by atomic mass is 127. The molecule has 1 aliphatic heterocycles. The van der Waals surface area contributed by atoms with E-state index in [0.29, 0.717) is 17.1 Å². The largest absolute Gasteiger partial charge is 0.453 e. The van der Waals surface area contributed by atoms with E-state index in [9.17, 15) is 0 Å². The lowest BCUT2D eigenvalue weighted by atomic mass is 10.1. The third-order valence-corrected chi connectivity index (χ3v) is 4.26. The molecule has 1 atom stereocenters. The normalized spacial score (nSPS) is 23.4. The Balaban J connectivity index is 1.86. The van der Waals surface area contributed by atoms with E-state index in [4.69, 9.17) is 14.0 Å². The van der Waals surface area contributed by atoms with Gasteiger partial charge in [-0.05, 0) is 19.1 Å². The van der Waals surface area contributed by atoms with Crippen LogP contribution in [0.25, 0.3) is 16.5 Å². The number of alkyl halides is 1. The van der Waals surface area contributed by atoms with E-state index in [1.807, 2.05) is 18.2 Å². The summed E-state index contributed by atoms with van der Waals surface area (Å²) in [6.45, 7) is 2.37. The van der Waals surface area contributed by atoms with Crippen LogP contribution in [0.2, 0.25) is 0 Å². The summed E-state index contributed by atoms with van der Waals surface area (Å²) in [6, 6.07) is 3.85. The Hall–Kier alpha value is -1.76. The molecule has 0 amide bonds. The third kappa shape index (κ3) is 2.16. The van der Waals surface area contributed by atoms with E-state index >= 15 is 0 Å². The van der Waals surface area contributed by atoms with Crippen molar-refractivity contribution in [2.45, 2.75) is 10.3 Å². The first kappa shape index (κ1) is 12.9. The van der Waals surface area contributed by atoms with Gasteiger partial charge >= 0.3 is 0 Å². The van der Waals surface area contributed by atoms with Crippen LogP contribution in [0.3, 0.4) is 0 Å². The highest BCUT2D eigenvalue weighted by Crippen LogP contribution is 2.41. The van der Waals surface area contributed by atoms with E-state index in [1.165, 1.54) is 0 Å². The number of allylic oxidation sites excluding steroid dienone is 6. The van der Waals surface area contributed by atoms with Crippen molar-refractivity contribution in [3.8, 4) is 11.5 Å². The second-order valence-corrected chi connectivity index (χ2v) is 7.50. The number of halogens is 1. The van der Waals surface area contributed by atoms with Crippen molar-refractivity contribution in [1.82, 2.24) is 5.16 Å². The average Bonchev–Trinajstić information content (AvgIpc) is 3.04. The summed E-state index contributed by atoms with van der Waals surface area (Å²) in [5.41, 5.74) is 2.47. The first-order valence-corrected chi connectivity index (χ1v) is 7.68. The van der Waals surface area contributed by atoms with Crippen LogP contribution in [0.5, 0.6) is 11.5 Å². The van der Waals surface area contributed by atoms with Gasteiger partial charge in [-0.25, -0.2) is 0 Å². The van der Waals surface area contributed by atoms with Crippen molar-refractivity contribution >= 4 is 39.1 Å². The Labute approximate surface area is 135 Å². The summed E-state index contributed by atoms with van der Waals surface area (Å²) < 4.78 is 16.3. The molecule has 2 heterocycles. The molecule has 1 unspecified atom stereocenters. The first-order valence-electron chi connectivity index (χ1n) is 6.60. The summed E-state index contributed by atoms with van der Waals surface area (Å²) in [6.07, 6.45) is 10.5. The van der Waals surface area contributed by atoms with Crippen LogP contribution < -0.4 is 9.47 Å². The molecule has 1 aromatic carbocycles. The van der Waals surface area contributed by atoms with Crippen molar-refractivity contribution in [2.75, 3.05) is 6.79 Å². The molecule has 0 saturated heterocycles. The molecule has 0 saturated carbocycles. The summed E-state index contributed by atoms with van der Waals surface area (Å²) in [5.74, 6) is 1.34. The standard InChI is InChI=1S/C16H12INO3/c1-16(17)7-2-3-10(6-8-16)13-11-4-5-12-15(20-9-19-12)14(11)21-18-13/h2-8H,9H2,1H3. The minimum Gasteiger partial charge on any atom is -0.453 e. The predicted octanol–water partition coefficient (Wildman–Crippen LogP) is 4.26. The van der Waals surface area contributed by atoms with Crippen molar-refractivity contribution in [2.24, 2.45) is 0 Å². The topological polar surface area (TPSA) is 44.5 Å². The van der Waals surface area contributed by atoms with Crippen LogP contribution in [0.15, 0.2) is 47.0 Å². The zero-order chi connectivity index (χ0) is 14.4. The molecule has 21 heavy (non-hydrogen) atoms.